The van der Waals surface area contributed by atoms with Gasteiger partial charge < -0.3 is 5.32 Å². The number of anilines is 1. The normalized spacial score (nSPS) is 16.0. The molecular weight excluding hydrogens is 392 g/mol. The van der Waals surface area contributed by atoms with Gasteiger partial charge in [-0.05, 0) is 60.1 Å². The van der Waals surface area contributed by atoms with Crippen LogP contribution < -0.4 is 5.32 Å². The molecule has 1 N–H and O–H groups in total. The van der Waals surface area contributed by atoms with Crippen molar-refractivity contribution < 1.29 is 13.6 Å². The molecule has 2 aromatic rings. The van der Waals surface area contributed by atoms with Gasteiger partial charge in [0.1, 0.15) is 5.82 Å². The summed E-state index contributed by atoms with van der Waals surface area (Å²) in [5.74, 6) is -1.24. The van der Waals surface area contributed by atoms with Crippen LogP contribution in [-0.4, -0.2) is 28.9 Å². The Morgan fingerprint density at radius 1 is 1.24 bits per heavy atom. The van der Waals surface area contributed by atoms with E-state index in [1.807, 2.05) is 11.0 Å². The van der Waals surface area contributed by atoms with E-state index in [4.69, 9.17) is 0 Å². The van der Waals surface area contributed by atoms with Gasteiger partial charge in [-0.15, -0.1) is 0 Å². The quantitative estimate of drug-likeness (QED) is 0.830. The van der Waals surface area contributed by atoms with Gasteiger partial charge in [-0.25, -0.2) is 13.8 Å². The number of likely N-dealkylation sites (tertiary alicyclic amines) is 1. The molecule has 4 nitrogen and oxygen atoms in total. The summed E-state index contributed by atoms with van der Waals surface area (Å²) in [6, 6.07) is 7.78. The van der Waals surface area contributed by atoms with E-state index in [9.17, 15) is 13.6 Å². The summed E-state index contributed by atoms with van der Waals surface area (Å²) in [6.07, 6.45) is 2.99. The zero-order valence-electron chi connectivity index (χ0n) is 13.5. The first-order valence-corrected chi connectivity index (χ1v) is 8.90. The van der Waals surface area contributed by atoms with Crippen molar-refractivity contribution in [2.75, 3.05) is 18.4 Å². The lowest BCUT2D eigenvalue weighted by atomic mass is 9.95. The number of halogens is 3. The number of carbonyl (C=O) groups excluding carboxylic acids is 1. The Hall–Kier alpha value is -1.86. The summed E-state index contributed by atoms with van der Waals surface area (Å²) in [5, 5.41) is 2.82. The maximum Gasteiger partial charge on any atom is 0.228 e. The van der Waals surface area contributed by atoms with Crippen LogP contribution in [0.1, 0.15) is 18.4 Å². The third-order valence-corrected chi connectivity index (χ3v) is 4.83. The number of amides is 1. The topological polar surface area (TPSA) is 45.2 Å². The van der Waals surface area contributed by atoms with Crippen molar-refractivity contribution in [3.8, 4) is 0 Å². The van der Waals surface area contributed by atoms with Crippen molar-refractivity contribution in [2.24, 2.45) is 5.92 Å². The molecular formula is C18H18BrF2N3O. The predicted octanol–water partition coefficient (Wildman–Crippen LogP) is 3.97. The highest BCUT2D eigenvalue weighted by molar-refractivity contribution is 9.10. The molecule has 1 aromatic carbocycles. The molecule has 132 valence electrons. The number of piperidine rings is 1. The number of hydrogen-bond donors (Lipinski definition) is 1. The van der Waals surface area contributed by atoms with E-state index < -0.39 is 11.6 Å². The van der Waals surface area contributed by atoms with Crippen LogP contribution in [0.5, 0.6) is 0 Å². The van der Waals surface area contributed by atoms with Crippen molar-refractivity contribution in [2.45, 2.75) is 19.4 Å². The molecule has 1 aromatic heterocycles. The second-order valence-electron chi connectivity index (χ2n) is 6.11. The van der Waals surface area contributed by atoms with E-state index >= 15 is 0 Å². The van der Waals surface area contributed by atoms with Gasteiger partial charge >= 0.3 is 0 Å². The molecule has 1 aliphatic rings. The summed E-state index contributed by atoms with van der Waals surface area (Å²) in [4.78, 5) is 18.5. The molecule has 2 heterocycles. The molecule has 1 aliphatic heterocycles. The van der Waals surface area contributed by atoms with Crippen molar-refractivity contribution in [1.82, 2.24) is 9.88 Å². The van der Waals surface area contributed by atoms with Crippen molar-refractivity contribution >= 4 is 27.7 Å². The van der Waals surface area contributed by atoms with E-state index in [0.29, 0.717) is 43.9 Å². The van der Waals surface area contributed by atoms with Gasteiger partial charge in [0.05, 0.1) is 0 Å². The molecule has 0 bridgehead atoms. The highest BCUT2D eigenvalue weighted by atomic mass is 79.9. The smallest absolute Gasteiger partial charge is 0.228 e. The number of rotatable bonds is 4. The first-order valence-electron chi connectivity index (χ1n) is 8.10. The summed E-state index contributed by atoms with van der Waals surface area (Å²) >= 11 is 3.30. The maximum atomic E-state index is 13.8. The van der Waals surface area contributed by atoms with Gasteiger partial charge in [-0.3, -0.25) is 9.69 Å². The number of benzene rings is 1. The minimum Gasteiger partial charge on any atom is -0.310 e. The van der Waals surface area contributed by atoms with Gasteiger partial charge in [0, 0.05) is 28.7 Å². The van der Waals surface area contributed by atoms with E-state index in [-0.39, 0.29) is 11.8 Å². The summed E-state index contributed by atoms with van der Waals surface area (Å²) < 4.78 is 27.9. The van der Waals surface area contributed by atoms with E-state index in [0.717, 1.165) is 10.5 Å². The third-order valence-electron chi connectivity index (χ3n) is 4.36. The number of carbonyl (C=O) groups is 1. The van der Waals surface area contributed by atoms with E-state index in [2.05, 4.69) is 26.2 Å². The lowest BCUT2D eigenvalue weighted by Crippen LogP contribution is -2.38. The lowest BCUT2D eigenvalue weighted by Gasteiger charge is -2.31. The van der Waals surface area contributed by atoms with E-state index in [1.165, 1.54) is 6.07 Å². The van der Waals surface area contributed by atoms with Crippen LogP contribution in [0.15, 0.2) is 41.0 Å². The second-order valence-corrected chi connectivity index (χ2v) is 7.03. The second kappa shape index (κ2) is 8.01. The van der Waals surface area contributed by atoms with Crippen LogP contribution in [0.4, 0.5) is 14.6 Å². The fourth-order valence-electron chi connectivity index (χ4n) is 2.94. The van der Waals surface area contributed by atoms with Crippen molar-refractivity contribution in [3.05, 3.63) is 58.2 Å². The molecule has 1 fully saturated rings. The molecule has 0 atom stereocenters. The first-order chi connectivity index (χ1) is 12.0. The van der Waals surface area contributed by atoms with Gasteiger partial charge in [0.15, 0.2) is 11.6 Å². The zero-order chi connectivity index (χ0) is 17.8. The molecule has 1 saturated heterocycles. The minimum absolute atomic E-state index is 0.0496. The first kappa shape index (κ1) is 17.9. The predicted molar refractivity (Wildman–Crippen MR) is 94.9 cm³/mol. The Labute approximate surface area is 153 Å². The fraction of sp³-hybridized carbons (Fsp3) is 0.333. The van der Waals surface area contributed by atoms with Gasteiger partial charge in [-0.2, -0.15) is 0 Å². The monoisotopic (exact) mass is 409 g/mol. The van der Waals surface area contributed by atoms with E-state index in [1.54, 1.807) is 18.3 Å². The van der Waals surface area contributed by atoms with Crippen LogP contribution >= 0.6 is 15.9 Å². The van der Waals surface area contributed by atoms with Crippen molar-refractivity contribution in [1.29, 1.82) is 0 Å². The van der Waals surface area contributed by atoms with Crippen LogP contribution in [0.3, 0.4) is 0 Å². The third kappa shape index (κ3) is 4.61. The Morgan fingerprint density at radius 3 is 2.68 bits per heavy atom. The van der Waals surface area contributed by atoms with Crippen molar-refractivity contribution in [3.63, 3.8) is 0 Å². The number of hydrogen-bond acceptors (Lipinski definition) is 3. The summed E-state index contributed by atoms with van der Waals surface area (Å²) in [6.45, 7) is 1.69. The fourth-order valence-corrected chi connectivity index (χ4v) is 3.18. The Kier molecular flexibility index (Phi) is 5.75. The average molecular weight is 410 g/mol. The van der Waals surface area contributed by atoms with Crippen LogP contribution in [0.25, 0.3) is 0 Å². The Morgan fingerprint density at radius 2 is 2.00 bits per heavy atom. The molecule has 3 rings (SSSR count). The number of aromatic nitrogens is 1. The number of pyridine rings is 1. The highest BCUT2D eigenvalue weighted by Crippen LogP contribution is 2.22. The average Bonchev–Trinajstić information content (AvgIpc) is 2.61. The molecule has 1 amide bonds. The van der Waals surface area contributed by atoms with Gasteiger partial charge in [0.2, 0.25) is 5.91 Å². The lowest BCUT2D eigenvalue weighted by molar-refractivity contribution is -0.121. The standard InChI is InChI=1S/C18H18BrF2N3O/c19-14-4-5-16(22-10-14)23-18(25)12-6-8-24(9-7-12)11-13-2-1-3-15(20)17(13)21/h1-5,10,12H,6-9,11H2,(H,22,23,25). The largest absolute Gasteiger partial charge is 0.310 e. The SMILES string of the molecule is O=C(Nc1ccc(Br)cn1)C1CCN(Cc2cccc(F)c2F)CC1. The Balaban J connectivity index is 1.52. The molecule has 7 heteroatoms. The molecule has 0 aliphatic carbocycles. The molecule has 0 spiro atoms. The van der Waals surface area contributed by atoms with Crippen LogP contribution in [-0.2, 0) is 11.3 Å². The summed E-state index contributed by atoms with van der Waals surface area (Å²) in [7, 11) is 0. The summed E-state index contributed by atoms with van der Waals surface area (Å²) in [5.41, 5.74) is 0.349. The molecule has 25 heavy (non-hydrogen) atoms. The zero-order valence-corrected chi connectivity index (χ0v) is 15.1. The van der Waals surface area contributed by atoms with Crippen LogP contribution in [0, 0.1) is 17.6 Å². The molecule has 0 saturated carbocycles. The minimum atomic E-state index is -0.825. The Bertz CT molecular complexity index is 746. The maximum absolute atomic E-state index is 13.8. The van der Waals surface area contributed by atoms with Gasteiger partial charge in [0.25, 0.3) is 0 Å². The number of nitrogens with one attached hydrogen (secondary N) is 1. The van der Waals surface area contributed by atoms with Gasteiger partial charge in [-0.1, -0.05) is 12.1 Å². The molecule has 0 radical (unpaired) electrons. The number of nitrogens with zero attached hydrogens (tertiary/aromatic N) is 2. The van der Waals surface area contributed by atoms with Crippen LogP contribution in [0.2, 0.25) is 0 Å². The highest BCUT2D eigenvalue weighted by Gasteiger charge is 2.25. The molecule has 0 unspecified atom stereocenters.